The SMILES string of the molecule is c1ccc(-c2cccc(-c3nc(-c4ccc(-n5c6ccccc6c6ccccc65)cc4)nc(C4(c5ccccc5)c5ccccc5-c5ccccc54)n3)c2)cc1. The van der Waals surface area contributed by atoms with E-state index in [4.69, 9.17) is 15.0 Å². The molecule has 4 heteroatoms. The fourth-order valence-electron chi connectivity index (χ4n) is 8.83. The first-order valence-corrected chi connectivity index (χ1v) is 19.0. The molecule has 0 saturated heterocycles. The fraction of sp³-hybridized carbons (Fsp3) is 0.0192. The number of hydrogen-bond donors (Lipinski definition) is 0. The molecule has 0 radical (unpaired) electrons. The molecule has 0 saturated carbocycles. The van der Waals surface area contributed by atoms with Crippen LogP contribution in [0.25, 0.3) is 72.5 Å². The second-order valence-corrected chi connectivity index (χ2v) is 14.4. The van der Waals surface area contributed by atoms with Crippen LogP contribution in [0.5, 0.6) is 0 Å². The van der Waals surface area contributed by atoms with E-state index in [0.717, 1.165) is 44.6 Å². The highest BCUT2D eigenvalue weighted by molar-refractivity contribution is 6.09. The van der Waals surface area contributed by atoms with E-state index in [2.05, 4.69) is 205 Å². The zero-order valence-corrected chi connectivity index (χ0v) is 30.4. The molecule has 0 bridgehead atoms. The quantitative estimate of drug-likeness (QED) is 0.172. The number of para-hydroxylation sites is 2. The number of aromatic nitrogens is 4. The van der Waals surface area contributed by atoms with Gasteiger partial charge in [0.15, 0.2) is 17.5 Å². The third-order valence-electron chi connectivity index (χ3n) is 11.3. The maximum absolute atomic E-state index is 5.50. The van der Waals surface area contributed by atoms with Crippen LogP contribution < -0.4 is 0 Å². The van der Waals surface area contributed by atoms with E-state index < -0.39 is 5.41 Å². The third-order valence-corrected chi connectivity index (χ3v) is 11.3. The highest BCUT2D eigenvalue weighted by Crippen LogP contribution is 2.55. The molecule has 0 atom stereocenters. The smallest absolute Gasteiger partial charge is 0.163 e. The molecular formula is C52H34N4. The van der Waals surface area contributed by atoms with E-state index in [0.29, 0.717) is 17.5 Å². The second-order valence-electron chi connectivity index (χ2n) is 14.4. The molecule has 4 nitrogen and oxygen atoms in total. The molecule has 1 aliphatic carbocycles. The van der Waals surface area contributed by atoms with Gasteiger partial charge in [0.1, 0.15) is 5.41 Å². The highest BCUT2D eigenvalue weighted by Gasteiger charge is 2.48. The number of nitrogens with zero attached hydrogens (tertiary/aromatic N) is 4. The minimum absolute atomic E-state index is 0.626. The van der Waals surface area contributed by atoms with Gasteiger partial charge in [-0.2, -0.15) is 0 Å². The summed E-state index contributed by atoms with van der Waals surface area (Å²) in [4.78, 5) is 16.3. The maximum atomic E-state index is 5.50. The van der Waals surface area contributed by atoms with Crippen molar-refractivity contribution in [2.75, 3.05) is 0 Å². The Bertz CT molecular complexity index is 2970. The zero-order chi connectivity index (χ0) is 37.1. The van der Waals surface area contributed by atoms with Crippen LogP contribution in [0.4, 0.5) is 0 Å². The van der Waals surface area contributed by atoms with E-state index in [1.807, 2.05) is 6.07 Å². The van der Waals surface area contributed by atoms with E-state index in [1.54, 1.807) is 0 Å². The van der Waals surface area contributed by atoms with Gasteiger partial charge < -0.3 is 4.57 Å². The fourth-order valence-corrected chi connectivity index (χ4v) is 8.83. The summed E-state index contributed by atoms with van der Waals surface area (Å²) < 4.78 is 2.34. The summed E-state index contributed by atoms with van der Waals surface area (Å²) in [6, 6.07) is 73.0. The molecule has 8 aromatic carbocycles. The predicted octanol–water partition coefficient (Wildman–Crippen LogP) is 12.3. The van der Waals surface area contributed by atoms with Gasteiger partial charge in [-0.05, 0) is 81.4 Å². The molecular weight excluding hydrogens is 681 g/mol. The average Bonchev–Trinajstić information content (AvgIpc) is 3.78. The first kappa shape index (κ1) is 32.0. The molecule has 1 aliphatic rings. The summed E-state index contributed by atoms with van der Waals surface area (Å²) in [6.45, 7) is 0. The van der Waals surface area contributed by atoms with E-state index in [1.165, 1.54) is 32.9 Å². The van der Waals surface area contributed by atoms with E-state index >= 15 is 0 Å². The van der Waals surface area contributed by atoms with Crippen molar-refractivity contribution < 1.29 is 0 Å². The van der Waals surface area contributed by atoms with Gasteiger partial charge in [0.05, 0.1) is 11.0 Å². The molecule has 11 rings (SSSR count). The van der Waals surface area contributed by atoms with Crippen LogP contribution in [0.2, 0.25) is 0 Å². The van der Waals surface area contributed by atoms with Crippen LogP contribution in [0, 0.1) is 0 Å². The van der Waals surface area contributed by atoms with Crippen molar-refractivity contribution in [3.05, 3.63) is 229 Å². The van der Waals surface area contributed by atoms with Crippen molar-refractivity contribution in [2.45, 2.75) is 5.41 Å². The number of fused-ring (bicyclic) bond motifs is 6. The summed E-state index contributed by atoms with van der Waals surface area (Å²) in [5, 5.41) is 2.47. The summed E-state index contributed by atoms with van der Waals surface area (Å²) in [7, 11) is 0. The molecule has 10 aromatic rings. The first-order chi connectivity index (χ1) is 27.8. The zero-order valence-electron chi connectivity index (χ0n) is 30.4. The summed E-state index contributed by atoms with van der Waals surface area (Å²) in [5.74, 6) is 1.95. The van der Waals surface area contributed by atoms with Gasteiger partial charge in [-0.25, -0.2) is 15.0 Å². The lowest BCUT2D eigenvalue weighted by Crippen LogP contribution is -2.31. The predicted molar refractivity (Wildman–Crippen MR) is 228 cm³/mol. The highest BCUT2D eigenvalue weighted by atomic mass is 15.1. The van der Waals surface area contributed by atoms with E-state index in [9.17, 15) is 0 Å². The number of rotatable bonds is 6. The lowest BCUT2D eigenvalue weighted by atomic mass is 9.71. The van der Waals surface area contributed by atoms with Gasteiger partial charge in [-0.3, -0.25) is 0 Å². The molecule has 0 unspecified atom stereocenters. The van der Waals surface area contributed by atoms with Crippen molar-refractivity contribution in [1.29, 1.82) is 0 Å². The largest absolute Gasteiger partial charge is 0.309 e. The Kier molecular flexibility index (Phi) is 7.36. The minimum Gasteiger partial charge on any atom is -0.309 e. The van der Waals surface area contributed by atoms with E-state index in [-0.39, 0.29) is 0 Å². The molecule has 0 spiro atoms. The van der Waals surface area contributed by atoms with Crippen LogP contribution >= 0.6 is 0 Å². The Morgan fingerprint density at radius 3 is 1.50 bits per heavy atom. The monoisotopic (exact) mass is 714 g/mol. The lowest BCUT2D eigenvalue weighted by Gasteiger charge is -2.32. The van der Waals surface area contributed by atoms with Gasteiger partial charge in [0.25, 0.3) is 0 Å². The Morgan fingerprint density at radius 2 is 0.857 bits per heavy atom. The molecule has 56 heavy (non-hydrogen) atoms. The topological polar surface area (TPSA) is 43.6 Å². The Hall–Kier alpha value is -7.43. The Balaban J connectivity index is 1.16. The first-order valence-electron chi connectivity index (χ1n) is 19.0. The standard InChI is InChI=1S/C52H34N4/c1-3-16-35(17-4-1)37-18-15-19-38(34-37)50-53-49(36-30-32-40(33-31-36)56-47-28-13-9-24-43(47)44-25-10-14-29-48(44)56)54-51(55-50)52(39-20-5-2-6-21-39)45-26-11-7-22-41(45)42-23-8-12-27-46(42)52/h1-34H. The molecule has 2 heterocycles. The minimum atomic E-state index is -0.777. The number of benzene rings is 8. The Morgan fingerprint density at radius 1 is 0.357 bits per heavy atom. The van der Waals surface area contributed by atoms with Gasteiger partial charge in [-0.15, -0.1) is 0 Å². The lowest BCUT2D eigenvalue weighted by molar-refractivity contribution is 0.692. The van der Waals surface area contributed by atoms with Crippen LogP contribution in [-0.4, -0.2) is 19.5 Å². The summed E-state index contributed by atoms with van der Waals surface area (Å²) in [6.07, 6.45) is 0. The molecule has 0 aliphatic heterocycles. The van der Waals surface area contributed by atoms with Crippen LogP contribution in [0.1, 0.15) is 22.5 Å². The van der Waals surface area contributed by atoms with Crippen LogP contribution in [-0.2, 0) is 5.41 Å². The van der Waals surface area contributed by atoms with Crippen molar-refractivity contribution >= 4 is 21.8 Å². The summed E-state index contributed by atoms with van der Waals surface area (Å²) >= 11 is 0. The Labute approximate surface area is 325 Å². The third kappa shape index (κ3) is 4.89. The number of hydrogen-bond acceptors (Lipinski definition) is 3. The van der Waals surface area contributed by atoms with Crippen molar-refractivity contribution in [3.63, 3.8) is 0 Å². The van der Waals surface area contributed by atoms with Gasteiger partial charge in [-0.1, -0.05) is 164 Å². The molecule has 0 fully saturated rings. The second kappa shape index (κ2) is 12.9. The normalized spacial score (nSPS) is 12.8. The van der Waals surface area contributed by atoms with Gasteiger partial charge in [0.2, 0.25) is 0 Å². The van der Waals surface area contributed by atoms with Gasteiger partial charge >= 0.3 is 0 Å². The molecule has 0 amide bonds. The molecule has 2 aromatic heterocycles. The van der Waals surface area contributed by atoms with Gasteiger partial charge in [0, 0.05) is 27.6 Å². The maximum Gasteiger partial charge on any atom is 0.163 e. The molecule has 262 valence electrons. The van der Waals surface area contributed by atoms with Crippen molar-refractivity contribution in [2.24, 2.45) is 0 Å². The van der Waals surface area contributed by atoms with Crippen molar-refractivity contribution in [3.8, 4) is 50.7 Å². The summed E-state index contributed by atoms with van der Waals surface area (Å²) in [5.41, 5.74) is 12.6. The van der Waals surface area contributed by atoms with Crippen LogP contribution in [0.15, 0.2) is 206 Å². The average molecular weight is 715 g/mol. The van der Waals surface area contributed by atoms with Crippen LogP contribution in [0.3, 0.4) is 0 Å². The molecule has 0 N–H and O–H groups in total. The van der Waals surface area contributed by atoms with Crippen molar-refractivity contribution in [1.82, 2.24) is 19.5 Å².